The number of alkyl halides is 3. The first-order chi connectivity index (χ1) is 8.43. The molecule has 0 saturated carbocycles. The Labute approximate surface area is 105 Å². The second-order valence-corrected chi connectivity index (χ2v) is 4.69. The summed E-state index contributed by atoms with van der Waals surface area (Å²) < 4.78 is 42.6. The molecule has 0 aromatic heterocycles. The van der Waals surface area contributed by atoms with Crippen molar-refractivity contribution in [2.45, 2.75) is 38.8 Å². The molecule has 18 heavy (non-hydrogen) atoms. The maximum absolute atomic E-state index is 12.6. The van der Waals surface area contributed by atoms with Crippen molar-refractivity contribution in [3.05, 3.63) is 0 Å². The van der Waals surface area contributed by atoms with Gasteiger partial charge in [-0.2, -0.15) is 13.2 Å². The summed E-state index contributed by atoms with van der Waals surface area (Å²) in [6.07, 6.45) is -1.81. The number of rotatable bonds is 5. The minimum atomic E-state index is -4.16. The zero-order chi connectivity index (χ0) is 13.6. The molecule has 1 unspecified atom stereocenters. The molecule has 0 bridgehead atoms. The van der Waals surface area contributed by atoms with Crippen molar-refractivity contribution in [3.63, 3.8) is 0 Å². The Bertz CT molecular complexity index is 269. The van der Waals surface area contributed by atoms with Crippen molar-refractivity contribution in [3.8, 4) is 0 Å². The Hall–Kier alpha value is -0.780. The molecule has 1 saturated heterocycles. The molecule has 1 heterocycles. The lowest BCUT2D eigenvalue weighted by Gasteiger charge is -2.32. The highest BCUT2D eigenvalue weighted by Gasteiger charge is 2.41. The van der Waals surface area contributed by atoms with Gasteiger partial charge in [0, 0.05) is 6.54 Å². The van der Waals surface area contributed by atoms with Crippen LogP contribution in [0.4, 0.5) is 13.2 Å². The number of ether oxygens (including phenoxy) is 1. The summed E-state index contributed by atoms with van der Waals surface area (Å²) in [5.41, 5.74) is 0. The van der Waals surface area contributed by atoms with Crippen LogP contribution in [0, 0.1) is 5.92 Å². The maximum atomic E-state index is 12.6. The predicted molar refractivity (Wildman–Crippen MR) is 61.1 cm³/mol. The highest BCUT2D eigenvalue weighted by Crippen LogP contribution is 2.32. The van der Waals surface area contributed by atoms with Crippen LogP contribution in [0.2, 0.25) is 0 Å². The zero-order valence-corrected chi connectivity index (χ0v) is 10.6. The van der Waals surface area contributed by atoms with Crippen LogP contribution >= 0.6 is 0 Å². The monoisotopic (exact) mass is 267 g/mol. The molecule has 0 radical (unpaired) electrons. The standard InChI is InChI=1S/C12H20F3NO2/c1-2-3-7-18-11(17)9-16-6-4-5-10(8-16)12(13,14)15/h10H,2-9H2,1H3. The molecule has 106 valence electrons. The molecule has 0 aromatic rings. The molecule has 3 nitrogen and oxygen atoms in total. The summed E-state index contributed by atoms with van der Waals surface area (Å²) in [7, 11) is 0. The number of unbranched alkanes of at least 4 members (excludes halogenated alkanes) is 1. The first kappa shape index (κ1) is 15.3. The fourth-order valence-corrected chi connectivity index (χ4v) is 2.02. The molecular formula is C12H20F3NO2. The minimum absolute atomic E-state index is 0.0315. The van der Waals surface area contributed by atoms with Gasteiger partial charge in [0.25, 0.3) is 0 Å². The Morgan fingerprint density at radius 3 is 2.78 bits per heavy atom. The van der Waals surface area contributed by atoms with E-state index in [1.165, 1.54) is 4.90 Å². The topological polar surface area (TPSA) is 29.5 Å². The molecule has 1 aliphatic rings. The van der Waals surface area contributed by atoms with Crippen molar-refractivity contribution in [2.75, 3.05) is 26.2 Å². The molecule has 1 rings (SSSR count). The molecule has 6 heteroatoms. The SMILES string of the molecule is CCCCOC(=O)CN1CCCC(C(F)(F)F)C1. The van der Waals surface area contributed by atoms with Gasteiger partial charge in [0.15, 0.2) is 0 Å². The summed E-state index contributed by atoms with van der Waals surface area (Å²) in [6, 6.07) is 0. The number of esters is 1. The van der Waals surface area contributed by atoms with Crippen LogP contribution in [0.5, 0.6) is 0 Å². The molecule has 1 atom stereocenters. The number of hydrogen-bond acceptors (Lipinski definition) is 3. The summed E-state index contributed by atoms with van der Waals surface area (Å²) >= 11 is 0. The van der Waals surface area contributed by atoms with E-state index in [9.17, 15) is 18.0 Å². The third kappa shape index (κ3) is 5.25. The van der Waals surface area contributed by atoms with Gasteiger partial charge in [-0.05, 0) is 25.8 Å². The van der Waals surface area contributed by atoms with Gasteiger partial charge in [0.1, 0.15) is 0 Å². The van der Waals surface area contributed by atoms with Crippen LogP contribution in [-0.4, -0.2) is 43.3 Å². The number of carbonyl (C=O) groups excluding carboxylic acids is 1. The largest absolute Gasteiger partial charge is 0.465 e. The maximum Gasteiger partial charge on any atom is 0.393 e. The van der Waals surface area contributed by atoms with Crippen LogP contribution < -0.4 is 0 Å². The second kappa shape index (κ2) is 6.97. The molecule has 0 aromatic carbocycles. The first-order valence-corrected chi connectivity index (χ1v) is 6.38. The lowest BCUT2D eigenvalue weighted by molar-refractivity contribution is -0.188. The molecular weight excluding hydrogens is 247 g/mol. The van der Waals surface area contributed by atoms with Gasteiger partial charge >= 0.3 is 12.1 Å². The summed E-state index contributed by atoms with van der Waals surface area (Å²) in [5.74, 6) is -1.74. The van der Waals surface area contributed by atoms with E-state index in [-0.39, 0.29) is 19.5 Å². The molecule has 1 fully saturated rings. The fourth-order valence-electron chi connectivity index (χ4n) is 2.02. The van der Waals surface area contributed by atoms with E-state index >= 15 is 0 Å². The smallest absolute Gasteiger partial charge is 0.393 e. The Morgan fingerprint density at radius 2 is 2.17 bits per heavy atom. The van der Waals surface area contributed by atoms with Gasteiger partial charge in [-0.3, -0.25) is 9.69 Å². The van der Waals surface area contributed by atoms with Gasteiger partial charge in [0.05, 0.1) is 19.1 Å². The van der Waals surface area contributed by atoms with E-state index < -0.39 is 18.1 Å². The molecule has 0 spiro atoms. The number of hydrogen-bond donors (Lipinski definition) is 0. The Morgan fingerprint density at radius 1 is 1.44 bits per heavy atom. The first-order valence-electron chi connectivity index (χ1n) is 6.38. The third-order valence-electron chi connectivity index (χ3n) is 3.08. The van der Waals surface area contributed by atoms with Gasteiger partial charge in [0.2, 0.25) is 0 Å². The van der Waals surface area contributed by atoms with E-state index in [0.717, 1.165) is 12.8 Å². The van der Waals surface area contributed by atoms with Crippen molar-refractivity contribution in [1.29, 1.82) is 0 Å². The predicted octanol–water partition coefficient (Wildman–Crippen LogP) is 2.60. The quantitative estimate of drug-likeness (QED) is 0.566. The van der Waals surface area contributed by atoms with Gasteiger partial charge < -0.3 is 4.74 Å². The van der Waals surface area contributed by atoms with Crippen LogP contribution in [-0.2, 0) is 9.53 Å². The third-order valence-corrected chi connectivity index (χ3v) is 3.08. The molecule has 0 amide bonds. The average molecular weight is 267 g/mol. The van der Waals surface area contributed by atoms with Gasteiger partial charge in [-0.15, -0.1) is 0 Å². The zero-order valence-electron chi connectivity index (χ0n) is 10.6. The van der Waals surface area contributed by atoms with Gasteiger partial charge in [-0.25, -0.2) is 0 Å². The number of likely N-dealkylation sites (tertiary alicyclic amines) is 1. The van der Waals surface area contributed by atoms with E-state index in [2.05, 4.69) is 0 Å². The van der Waals surface area contributed by atoms with Crippen LogP contribution in [0.25, 0.3) is 0 Å². The average Bonchev–Trinajstić information content (AvgIpc) is 2.28. The Balaban J connectivity index is 2.31. The Kier molecular flexibility index (Phi) is 5.91. The number of nitrogens with zero attached hydrogens (tertiary/aromatic N) is 1. The fraction of sp³-hybridized carbons (Fsp3) is 0.917. The number of piperidine rings is 1. The summed E-state index contributed by atoms with van der Waals surface area (Å²) in [5, 5.41) is 0. The van der Waals surface area contributed by atoms with Crippen LogP contribution in [0.3, 0.4) is 0 Å². The summed E-state index contributed by atoms with van der Waals surface area (Å²) in [6.45, 7) is 2.75. The van der Waals surface area contributed by atoms with E-state index in [4.69, 9.17) is 4.74 Å². The molecule has 0 N–H and O–H groups in total. The van der Waals surface area contributed by atoms with Gasteiger partial charge in [-0.1, -0.05) is 13.3 Å². The minimum Gasteiger partial charge on any atom is -0.465 e. The van der Waals surface area contributed by atoms with E-state index in [1.54, 1.807) is 0 Å². The summed E-state index contributed by atoms with van der Waals surface area (Å²) in [4.78, 5) is 12.9. The van der Waals surface area contributed by atoms with Crippen LogP contribution in [0.15, 0.2) is 0 Å². The number of halogens is 3. The normalized spacial score (nSPS) is 21.9. The molecule has 0 aliphatic carbocycles. The lowest BCUT2D eigenvalue weighted by atomic mass is 9.97. The highest BCUT2D eigenvalue weighted by atomic mass is 19.4. The van der Waals surface area contributed by atoms with Crippen molar-refractivity contribution < 1.29 is 22.7 Å². The highest BCUT2D eigenvalue weighted by molar-refractivity contribution is 5.71. The second-order valence-electron chi connectivity index (χ2n) is 4.69. The van der Waals surface area contributed by atoms with Crippen molar-refractivity contribution >= 4 is 5.97 Å². The van der Waals surface area contributed by atoms with Crippen molar-refractivity contribution in [1.82, 2.24) is 4.90 Å². The van der Waals surface area contributed by atoms with E-state index in [0.29, 0.717) is 19.6 Å². The van der Waals surface area contributed by atoms with Crippen LogP contribution in [0.1, 0.15) is 32.6 Å². The molecule has 1 aliphatic heterocycles. The lowest BCUT2D eigenvalue weighted by Crippen LogP contribution is -2.44. The van der Waals surface area contributed by atoms with Crippen molar-refractivity contribution in [2.24, 2.45) is 5.92 Å². The number of carbonyl (C=O) groups is 1. The van der Waals surface area contributed by atoms with E-state index in [1.807, 2.05) is 6.92 Å².